The van der Waals surface area contributed by atoms with Gasteiger partial charge >= 0.3 is 0 Å². The van der Waals surface area contributed by atoms with Crippen molar-refractivity contribution in [1.82, 2.24) is 0 Å². The van der Waals surface area contributed by atoms with E-state index < -0.39 is 0 Å². The van der Waals surface area contributed by atoms with Crippen LogP contribution in [0.1, 0.15) is 38.2 Å². The number of rotatable bonds is 4. The van der Waals surface area contributed by atoms with E-state index in [0.717, 1.165) is 24.6 Å². The first kappa shape index (κ1) is 13.7. The van der Waals surface area contributed by atoms with Crippen LogP contribution in [0.15, 0.2) is 29.4 Å². The highest BCUT2D eigenvalue weighted by atomic mass is 16.4. The lowest BCUT2D eigenvalue weighted by Crippen LogP contribution is -2.33. The number of oxime groups is 1. The first-order chi connectivity index (χ1) is 9.24. The van der Waals surface area contributed by atoms with E-state index in [1.54, 1.807) is 0 Å². The molecule has 0 atom stereocenters. The lowest BCUT2D eigenvalue weighted by molar-refractivity contribution is 0.318. The van der Waals surface area contributed by atoms with Crippen molar-refractivity contribution in [2.45, 2.75) is 32.6 Å². The number of anilines is 1. The van der Waals surface area contributed by atoms with Gasteiger partial charge in [-0.15, -0.1) is 0 Å². The van der Waals surface area contributed by atoms with Gasteiger partial charge in [0.05, 0.1) is 0 Å². The molecular formula is C15H23N3O. The standard InChI is InChI=1S/C15H23N3O/c1-2-3-12-8-10-18(11-9-12)14-6-4-13(5-7-14)15(16)17-19/h4-7,12,19H,2-3,8-11H2,1H3,(H2,16,17). The van der Waals surface area contributed by atoms with Gasteiger partial charge in [0.15, 0.2) is 5.84 Å². The molecule has 0 spiro atoms. The van der Waals surface area contributed by atoms with Crippen molar-refractivity contribution in [2.75, 3.05) is 18.0 Å². The number of nitrogens with zero attached hydrogens (tertiary/aromatic N) is 2. The molecule has 2 rings (SSSR count). The topological polar surface area (TPSA) is 61.8 Å². The molecule has 1 fully saturated rings. The van der Waals surface area contributed by atoms with Crippen LogP contribution in [-0.4, -0.2) is 24.1 Å². The summed E-state index contributed by atoms with van der Waals surface area (Å²) in [5.74, 6) is 1.06. The second-order valence-electron chi connectivity index (χ2n) is 5.25. The minimum atomic E-state index is 0.160. The third-order valence-electron chi connectivity index (χ3n) is 3.95. The maximum absolute atomic E-state index is 8.64. The summed E-state index contributed by atoms with van der Waals surface area (Å²) < 4.78 is 0. The van der Waals surface area contributed by atoms with Gasteiger partial charge in [-0.2, -0.15) is 0 Å². The van der Waals surface area contributed by atoms with Crippen molar-refractivity contribution in [3.8, 4) is 0 Å². The van der Waals surface area contributed by atoms with Crippen molar-refractivity contribution in [1.29, 1.82) is 0 Å². The Balaban J connectivity index is 1.96. The van der Waals surface area contributed by atoms with Gasteiger partial charge in [0.1, 0.15) is 0 Å². The Morgan fingerprint density at radius 3 is 2.47 bits per heavy atom. The van der Waals surface area contributed by atoms with Crippen LogP contribution in [0.4, 0.5) is 5.69 Å². The Morgan fingerprint density at radius 1 is 1.32 bits per heavy atom. The smallest absolute Gasteiger partial charge is 0.170 e. The fourth-order valence-electron chi connectivity index (χ4n) is 2.79. The number of nitrogens with two attached hydrogens (primary N) is 1. The molecule has 0 aliphatic carbocycles. The summed E-state index contributed by atoms with van der Waals surface area (Å²) in [5.41, 5.74) is 7.54. The van der Waals surface area contributed by atoms with Gasteiger partial charge in [0, 0.05) is 24.3 Å². The van der Waals surface area contributed by atoms with E-state index in [-0.39, 0.29) is 5.84 Å². The third-order valence-corrected chi connectivity index (χ3v) is 3.95. The molecule has 0 saturated carbocycles. The molecule has 1 aromatic rings. The Kier molecular flexibility index (Phi) is 4.66. The molecule has 104 valence electrons. The van der Waals surface area contributed by atoms with Crippen LogP contribution in [0.2, 0.25) is 0 Å². The summed E-state index contributed by atoms with van der Waals surface area (Å²) in [4.78, 5) is 2.42. The summed E-state index contributed by atoms with van der Waals surface area (Å²) >= 11 is 0. The molecule has 0 aromatic heterocycles. The number of piperidine rings is 1. The maximum atomic E-state index is 8.64. The monoisotopic (exact) mass is 261 g/mol. The van der Waals surface area contributed by atoms with Crippen molar-refractivity contribution in [3.05, 3.63) is 29.8 Å². The Morgan fingerprint density at radius 2 is 1.95 bits per heavy atom. The molecule has 19 heavy (non-hydrogen) atoms. The quantitative estimate of drug-likeness (QED) is 0.379. The summed E-state index contributed by atoms with van der Waals surface area (Å²) in [6.45, 7) is 4.53. The van der Waals surface area contributed by atoms with E-state index in [2.05, 4.69) is 17.0 Å². The van der Waals surface area contributed by atoms with Gasteiger partial charge in [0.2, 0.25) is 0 Å². The lowest BCUT2D eigenvalue weighted by Gasteiger charge is -2.33. The van der Waals surface area contributed by atoms with Gasteiger partial charge < -0.3 is 15.8 Å². The first-order valence-electron chi connectivity index (χ1n) is 7.07. The molecule has 4 heteroatoms. The van der Waals surface area contributed by atoms with Gasteiger partial charge in [-0.05, 0) is 43.0 Å². The average Bonchev–Trinajstić information content (AvgIpc) is 2.48. The van der Waals surface area contributed by atoms with Crippen LogP contribution in [0, 0.1) is 5.92 Å². The highest BCUT2D eigenvalue weighted by molar-refractivity contribution is 5.97. The summed E-state index contributed by atoms with van der Waals surface area (Å²) in [7, 11) is 0. The van der Waals surface area contributed by atoms with Gasteiger partial charge in [-0.25, -0.2) is 0 Å². The van der Waals surface area contributed by atoms with Crippen molar-refractivity contribution in [3.63, 3.8) is 0 Å². The molecule has 1 aromatic carbocycles. The molecule has 0 bridgehead atoms. The number of amidine groups is 1. The normalized spacial score (nSPS) is 17.7. The third kappa shape index (κ3) is 3.40. The zero-order valence-corrected chi connectivity index (χ0v) is 11.5. The number of benzene rings is 1. The van der Waals surface area contributed by atoms with Crippen LogP contribution in [0.3, 0.4) is 0 Å². The first-order valence-corrected chi connectivity index (χ1v) is 7.07. The predicted molar refractivity (Wildman–Crippen MR) is 78.8 cm³/mol. The highest BCUT2D eigenvalue weighted by Gasteiger charge is 2.18. The SMILES string of the molecule is CCCC1CCN(c2ccc(/C(N)=N/O)cc2)CC1. The molecule has 1 aliphatic heterocycles. The van der Waals surface area contributed by atoms with Crippen molar-refractivity contribution < 1.29 is 5.21 Å². The molecule has 0 radical (unpaired) electrons. The van der Waals surface area contributed by atoms with Gasteiger partial charge in [-0.1, -0.05) is 24.9 Å². The van der Waals surface area contributed by atoms with Crippen LogP contribution in [0.5, 0.6) is 0 Å². The fourth-order valence-corrected chi connectivity index (χ4v) is 2.79. The Labute approximate surface area is 114 Å². The largest absolute Gasteiger partial charge is 0.409 e. The van der Waals surface area contributed by atoms with E-state index in [1.807, 2.05) is 24.3 Å². The minimum Gasteiger partial charge on any atom is -0.409 e. The summed E-state index contributed by atoms with van der Waals surface area (Å²) in [6, 6.07) is 7.91. The molecule has 0 amide bonds. The average molecular weight is 261 g/mol. The Hall–Kier alpha value is -1.71. The fraction of sp³-hybridized carbons (Fsp3) is 0.533. The van der Waals surface area contributed by atoms with E-state index in [4.69, 9.17) is 10.9 Å². The van der Waals surface area contributed by atoms with Crippen LogP contribution < -0.4 is 10.6 Å². The molecular weight excluding hydrogens is 238 g/mol. The van der Waals surface area contributed by atoms with Crippen molar-refractivity contribution >= 4 is 11.5 Å². The Bertz CT molecular complexity index is 420. The highest BCUT2D eigenvalue weighted by Crippen LogP contribution is 2.26. The van der Waals surface area contributed by atoms with Crippen LogP contribution in [-0.2, 0) is 0 Å². The van der Waals surface area contributed by atoms with E-state index in [9.17, 15) is 0 Å². The second-order valence-corrected chi connectivity index (χ2v) is 5.25. The number of hydrogen-bond acceptors (Lipinski definition) is 3. The lowest BCUT2D eigenvalue weighted by atomic mass is 9.92. The molecule has 4 nitrogen and oxygen atoms in total. The molecule has 0 unspecified atom stereocenters. The van der Waals surface area contributed by atoms with Gasteiger partial charge in [0.25, 0.3) is 0 Å². The minimum absolute atomic E-state index is 0.160. The summed E-state index contributed by atoms with van der Waals surface area (Å²) in [5, 5.41) is 11.7. The molecule has 1 heterocycles. The zero-order chi connectivity index (χ0) is 13.7. The van der Waals surface area contributed by atoms with Crippen molar-refractivity contribution in [2.24, 2.45) is 16.8 Å². The van der Waals surface area contributed by atoms with E-state index in [0.29, 0.717) is 0 Å². The van der Waals surface area contributed by atoms with Crippen LogP contribution in [0.25, 0.3) is 0 Å². The summed E-state index contributed by atoms with van der Waals surface area (Å²) in [6.07, 6.45) is 5.22. The zero-order valence-electron chi connectivity index (χ0n) is 11.5. The van der Waals surface area contributed by atoms with E-state index >= 15 is 0 Å². The maximum Gasteiger partial charge on any atom is 0.170 e. The van der Waals surface area contributed by atoms with Crippen LogP contribution >= 0.6 is 0 Å². The predicted octanol–water partition coefficient (Wildman–Crippen LogP) is 2.80. The number of hydrogen-bond donors (Lipinski definition) is 2. The van der Waals surface area contributed by atoms with Gasteiger partial charge in [-0.3, -0.25) is 0 Å². The van der Waals surface area contributed by atoms with E-state index in [1.165, 1.54) is 31.4 Å². The molecule has 1 saturated heterocycles. The second kappa shape index (κ2) is 6.45. The molecule has 3 N–H and O–H groups in total. The molecule has 1 aliphatic rings.